The predicted molar refractivity (Wildman–Crippen MR) is 71.6 cm³/mol. The Kier molecular flexibility index (Phi) is 3.90. The number of benzene rings is 1. The van der Waals surface area contributed by atoms with Crippen LogP contribution in [-0.4, -0.2) is 17.1 Å². The average molecular weight is 265 g/mol. The Labute approximate surface area is 112 Å². The summed E-state index contributed by atoms with van der Waals surface area (Å²) in [7, 11) is 0. The maximum absolute atomic E-state index is 13.5. The summed E-state index contributed by atoms with van der Waals surface area (Å²) in [5, 5.41) is 12.2. The zero-order valence-corrected chi connectivity index (χ0v) is 11.4. The molecule has 1 aromatic carbocycles. The standard InChI is InChI=1S/C15H20FNO2/c1-15(2)7-3-4-13(15)17-9-10-5-6-11(14(18)19)12(16)8-10/h5-6,8,13,17H,3-4,7,9H2,1-2H3,(H,18,19). The molecular formula is C15H20FNO2. The fourth-order valence-corrected chi connectivity index (χ4v) is 2.79. The van der Waals surface area contributed by atoms with Crippen LogP contribution in [0.5, 0.6) is 0 Å². The maximum atomic E-state index is 13.5. The van der Waals surface area contributed by atoms with E-state index in [1.54, 1.807) is 6.07 Å². The van der Waals surface area contributed by atoms with Crippen LogP contribution in [0.15, 0.2) is 18.2 Å². The van der Waals surface area contributed by atoms with Crippen LogP contribution in [0, 0.1) is 11.2 Å². The van der Waals surface area contributed by atoms with Gasteiger partial charge in [0.2, 0.25) is 0 Å². The fourth-order valence-electron chi connectivity index (χ4n) is 2.79. The van der Waals surface area contributed by atoms with E-state index in [1.807, 2.05) is 0 Å². The molecule has 1 aliphatic rings. The number of nitrogens with one attached hydrogen (secondary N) is 1. The highest BCUT2D eigenvalue weighted by atomic mass is 19.1. The third-order valence-electron chi connectivity index (χ3n) is 4.07. The molecule has 2 rings (SSSR count). The van der Waals surface area contributed by atoms with Crippen LogP contribution in [0.2, 0.25) is 0 Å². The minimum absolute atomic E-state index is 0.273. The molecule has 0 aromatic heterocycles. The van der Waals surface area contributed by atoms with Gasteiger partial charge in [0.1, 0.15) is 5.82 Å². The van der Waals surface area contributed by atoms with Gasteiger partial charge in [-0.25, -0.2) is 9.18 Å². The van der Waals surface area contributed by atoms with Gasteiger partial charge in [-0.1, -0.05) is 26.3 Å². The number of aromatic carboxylic acids is 1. The molecule has 1 aliphatic carbocycles. The highest BCUT2D eigenvalue weighted by Crippen LogP contribution is 2.37. The molecule has 0 spiro atoms. The predicted octanol–water partition coefficient (Wildman–Crippen LogP) is 3.19. The van der Waals surface area contributed by atoms with Crippen molar-refractivity contribution in [2.24, 2.45) is 5.41 Å². The summed E-state index contributed by atoms with van der Waals surface area (Å²) < 4.78 is 13.5. The summed E-state index contributed by atoms with van der Waals surface area (Å²) in [6.07, 6.45) is 3.57. The molecule has 2 N–H and O–H groups in total. The molecular weight excluding hydrogens is 245 g/mol. The molecule has 0 saturated heterocycles. The molecule has 0 radical (unpaired) electrons. The van der Waals surface area contributed by atoms with Gasteiger partial charge in [0.05, 0.1) is 5.56 Å². The van der Waals surface area contributed by atoms with Crippen LogP contribution in [-0.2, 0) is 6.54 Å². The molecule has 4 heteroatoms. The van der Waals surface area contributed by atoms with Crippen LogP contribution in [0.1, 0.15) is 49.0 Å². The highest BCUT2D eigenvalue weighted by molar-refractivity contribution is 5.87. The monoisotopic (exact) mass is 265 g/mol. The van der Waals surface area contributed by atoms with Gasteiger partial charge in [-0.05, 0) is 36.0 Å². The van der Waals surface area contributed by atoms with E-state index in [4.69, 9.17) is 5.11 Å². The average Bonchev–Trinajstić information content (AvgIpc) is 2.65. The van der Waals surface area contributed by atoms with Gasteiger partial charge >= 0.3 is 5.97 Å². The SMILES string of the molecule is CC1(C)CCCC1NCc1ccc(C(=O)O)c(F)c1. The summed E-state index contributed by atoms with van der Waals surface area (Å²) in [5.74, 6) is -1.90. The molecule has 104 valence electrons. The van der Waals surface area contributed by atoms with E-state index in [2.05, 4.69) is 19.2 Å². The first-order valence-electron chi connectivity index (χ1n) is 6.65. The van der Waals surface area contributed by atoms with Gasteiger partial charge in [-0.2, -0.15) is 0 Å². The Morgan fingerprint density at radius 2 is 2.26 bits per heavy atom. The van der Waals surface area contributed by atoms with E-state index in [0.29, 0.717) is 12.6 Å². The number of hydrogen-bond acceptors (Lipinski definition) is 2. The Morgan fingerprint density at radius 3 is 2.79 bits per heavy atom. The minimum atomic E-state index is -1.23. The van der Waals surface area contributed by atoms with Crippen molar-refractivity contribution in [2.45, 2.75) is 45.7 Å². The van der Waals surface area contributed by atoms with Crippen molar-refractivity contribution in [3.8, 4) is 0 Å². The number of halogens is 1. The van der Waals surface area contributed by atoms with E-state index in [-0.39, 0.29) is 11.0 Å². The lowest BCUT2D eigenvalue weighted by molar-refractivity contribution is 0.0692. The molecule has 0 aliphatic heterocycles. The zero-order valence-electron chi connectivity index (χ0n) is 11.4. The molecule has 1 saturated carbocycles. The van der Waals surface area contributed by atoms with Gasteiger partial charge in [0.15, 0.2) is 0 Å². The van der Waals surface area contributed by atoms with Crippen molar-refractivity contribution >= 4 is 5.97 Å². The summed E-state index contributed by atoms with van der Waals surface area (Å²) in [6.45, 7) is 5.06. The van der Waals surface area contributed by atoms with Gasteiger partial charge < -0.3 is 10.4 Å². The molecule has 0 amide bonds. The lowest BCUT2D eigenvalue weighted by Gasteiger charge is -2.28. The van der Waals surface area contributed by atoms with E-state index >= 15 is 0 Å². The Morgan fingerprint density at radius 1 is 1.53 bits per heavy atom. The van der Waals surface area contributed by atoms with Crippen LogP contribution in [0.3, 0.4) is 0 Å². The third kappa shape index (κ3) is 3.13. The van der Waals surface area contributed by atoms with Gasteiger partial charge in [-0.3, -0.25) is 0 Å². The molecule has 1 unspecified atom stereocenters. The summed E-state index contributed by atoms with van der Waals surface area (Å²) in [6, 6.07) is 4.74. The topological polar surface area (TPSA) is 49.3 Å². The van der Waals surface area contributed by atoms with Crippen molar-refractivity contribution in [1.82, 2.24) is 5.32 Å². The Hall–Kier alpha value is -1.42. The maximum Gasteiger partial charge on any atom is 0.338 e. The van der Waals surface area contributed by atoms with E-state index < -0.39 is 11.8 Å². The smallest absolute Gasteiger partial charge is 0.338 e. The summed E-state index contributed by atoms with van der Waals surface area (Å²) in [4.78, 5) is 10.7. The lowest BCUT2D eigenvalue weighted by atomic mass is 9.87. The van der Waals surface area contributed by atoms with Gasteiger partial charge in [-0.15, -0.1) is 0 Å². The number of rotatable bonds is 4. The molecule has 1 fully saturated rings. The molecule has 0 bridgehead atoms. The molecule has 19 heavy (non-hydrogen) atoms. The quantitative estimate of drug-likeness (QED) is 0.879. The van der Waals surface area contributed by atoms with Gasteiger partial charge in [0.25, 0.3) is 0 Å². The fraction of sp³-hybridized carbons (Fsp3) is 0.533. The lowest BCUT2D eigenvalue weighted by Crippen LogP contribution is -2.37. The van der Waals surface area contributed by atoms with Crippen molar-refractivity contribution in [1.29, 1.82) is 0 Å². The van der Waals surface area contributed by atoms with E-state index in [0.717, 1.165) is 12.0 Å². The van der Waals surface area contributed by atoms with E-state index in [1.165, 1.54) is 25.0 Å². The number of carbonyl (C=O) groups is 1. The van der Waals surface area contributed by atoms with Crippen molar-refractivity contribution < 1.29 is 14.3 Å². The second-order valence-electron chi connectivity index (χ2n) is 5.93. The number of carboxylic acid groups (broad SMARTS) is 1. The molecule has 3 nitrogen and oxygen atoms in total. The van der Waals surface area contributed by atoms with E-state index in [9.17, 15) is 9.18 Å². The number of hydrogen-bond donors (Lipinski definition) is 2. The second kappa shape index (κ2) is 5.29. The second-order valence-corrected chi connectivity index (χ2v) is 5.93. The first kappa shape index (κ1) is 14.0. The van der Waals surface area contributed by atoms with Crippen LogP contribution >= 0.6 is 0 Å². The van der Waals surface area contributed by atoms with Crippen LogP contribution in [0.25, 0.3) is 0 Å². The minimum Gasteiger partial charge on any atom is -0.478 e. The van der Waals surface area contributed by atoms with Gasteiger partial charge in [0, 0.05) is 12.6 Å². The Bertz CT molecular complexity index is 485. The number of carboxylic acids is 1. The van der Waals surface area contributed by atoms with Crippen molar-refractivity contribution in [3.05, 3.63) is 35.1 Å². The van der Waals surface area contributed by atoms with Crippen molar-refractivity contribution in [2.75, 3.05) is 0 Å². The molecule has 1 aromatic rings. The van der Waals surface area contributed by atoms with Crippen LogP contribution < -0.4 is 5.32 Å². The first-order valence-corrected chi connectivity index (χ1v) is 6.65. The largest absolute Gasteiger partial charge is 0.478 e. The third-order valence-corrected chi connectivity index (χ3v) is 4.07. The molecule has 1 atom stereocenters. The summed E-state index contributed by atoms with van der Waals surface area (Å²) in [5.41, 5.74) is 0.787. The zero-order chi connectivity index (χ0) is 14.0. The van der Waals surface area contributed by atoms with Crippen LogP contribution in [0.4, 0.5) is 4.39 Å². The highest BCUT2D eigenvalue weighted by Gasteiger charge is 2.33. The first-order chi connectivity index (χ1) is 8.90. The Balaban J connectivity index is 2.01. The molecule has 0 heterocycles. The summed E-state index contributed by atoms with van der Waals surface area (Å²) >= 11 is 0. The normalized spacial score (nSPS) is 21.5. The van der Waals surface area contributed by atoms with Crippen molar-refractivity contribution in [3.63, 3.8) is 0 Å².